The second kappa shape index (κ2) is 9.27. The van der Waals surface area contributed by atoms with Crippen molar-refractivity contribution in [1.82, 2.24) is 9.97 Å². The highest BCUT2D eigenvalue weighted by Gasteiger charge is 2.22. The maximum atomic E-state index is 13.1. The molecule has 0 spiro atoms. The second-order valence-electron chi connectivity index (χ2n) is 6.08. The van der Waals surface area contributed by atoms with Gasteiger partial charge in [0, 0.05) is 43.1 Å². The van der Waals surface area contributed by atoms with Crippen LogP contribution < -0.4 is 4.90 Å². The van der Waals surface area contributed by atoms with Crippen LogP contribution in [0.15, 0.2) is 41.8 Å². The lowest BCUT2D eigenvalue weighted by Gasteiger charge is -2.26. The molecule has 0 N–H and O–H groups in total. The van der Waals surface area contributed by atoms with Crippen LogP contribution in [0.5, 0.6) is 0 Å². The highest BCUT2D eigenvalue weighted by Crippen LogP contribution is 2.27. The minimum absolute atomic E-state index is 0.639. The first-order valence-electron chi connectivity index (χ1n) is 8.65. The third kappa shape index (κ3) is 4.51. The topological polar surface area (TPSA) is 96.2 Å². The van der Waals surface area contributed by atoms with Gasteiger partial charge in [-0.1, -0.05) is 29.4 Å². The van der Waals surface area contributed by atoms with Crippen LogP contribution in [0.3, 0.4) is 0 Å². The molecule has 0 unspecified atom stereocenters. The number of benzene rings is 1. The first kappa shape index (κ1) is 19.0. The summed E-state index contributed by atoms with van der Waals surface area (Å²) < 4.78 is 23.8. The number of rotatable bonds is 7. The van der Waals surface area contributed by atoms with E-state index in [1.54, 1.807) is 12.4 Å². The molecular formula is C18H21FN6O2. The van der Waals surface area contributed by atoms with E-state index in [4.69, 9.17) is 15.0 Å². The summed E-state index contributed by atoms with van der Waals surface area (Å²) in [5, 5.41) is 3.47. The van der Waals surface area contributed by atoms with E-state index in [2.05, 4.69) is 24.9 Å². The van der Waals surface area contributed by atoms with Crippen LogP contribution in [0, 0.1) is 0 Å². The van der Waals surface area contributed by atoms with E-state index in [0.717, 1.165) is 29.8 Å². The molecule has 27 heavy (non-hydrogen) atoms. The molecule has 1 aliphatic rings. The van der Waals surface area contributed by atoms with E-state index in [0.29, 0.717) is 19.2 Å². The quantitative estimate of drug-likeness (QED) is 0.422. The van der Waals surface area contributed by atoms with Gasteiger partial charge in [-0.15, -0.1) is 0 Å². The van der Waals surface area contributed by atoms with E-state index in [1.165, 1.54) is 7.11 Å². The van der Waals surface area contributed by atoms with Gasteiger partial charge in [-0.3, -0.25) is 4.39 Å². The first-order chi connectivity index (χ1) is 13.3. The maximum absolute atomic E-state index is 13.1. The number of halogens is 1. The van der Waals surface area contributed by atoms with Crippen molar-refractivity contribution in [2.45, 2.75) is 12.1 Å². The Morgan fingerprint density at radius 2 is 1.89 bits per heavy atom. The van der Waals surface area contributed by atoms with Gasteiger partial charge in [0.15, 0.2) is 0 Å². The van der Waals surface area contributed by atoms with Gasteiger partial charge in [-0.25, -0.2) is 9.97 Å². The van der Waals surface area contributed by atoms with Crippen molar-refractivity contribution in [3.05, 3.63) is 52.7 Å². The molecule has 1 aromatic heterocycles. The summed E-state index contributed by atoms with van der Waals surface area (Å²) in [5.74, 6) is 0.693. The second-order valence-corrected chi connectivity index (χ2v) is 6.08. The fraction of sp³-hybridized carbons (Fsp3) is 0.444. The molecule has 2 atom stereocenters. The lowest BCUT2D eigenvalue weighted by Crippen LogP contribution is -2.37. The number of hydrogen-bond acceptors (Lipinski definition) is 6. The molecule has 1 saturated heterocycles. The zero-order valence-corrected chi connectivity index (χ0v) is 15.0. The minimum atomic E-state index is -0.901. The molecule has 1 aromatic carbocycles. The number of morpholine rings is 1. The Kier molecular flexibility index (Phi) is 6.54. The van der Waals surface area contributed by atoms with E-state index in [-0.39, 0.29) is 0 Å². The molecule has 8 nitrogen and oxygen atoms in total. The molecule has 142 valence electrons. The molecule has 0 radical (unpaired) electrons. The van der Waals surface area contributed by atoms with Gasteiger partial charge in [0.25, 0.3) is 0 Å². The van der Waals surface area contributed by atoms with E-state index in [1.807, 2.05) is 24.3 Å². The molecule has 1 fully saturated rings. The van der Waals surface area contributed by atoms with Crippen LogP contribution in [0.25, 0.3) is 21.6 Å². The van der Waals surface area contributed by atoms with Crippen molar-refractivity contribution in [3.8, 4) is 11.1 Å². The van der Waals surface area contributed by atoms with E-state index in [9.17, 15) is 4.39 Å². The summed E-state index contributed by atoms with van der Waals surface area (Å²) in [6.07, 6.45) is 2.93. The predicted octanol–water partition coefficient (Wildman–Crippen LogP) is 3.32. The minimum Gasteiger partial charge on any atom is -0.378 e. The zero-order valence-electron chi connectivity index (χ0n) is 15.0. The Bertz CT molecular complexity index is 773. The first-order valence-corrected chi connectivity index (χ1v) is 8.65. The van der Waals surface area contributed by atoms with Crippen molar-refractivity contribution in [1.29, 1.82) is 0 Å². The molecule has 0 bridgehead atoms. The van der Waals surface area contributed by atoms with Crippen LogP contribution in [-0.2, 0) is 9.47 Å². The third-order valence-electron chi connectivity index (χ3n) is 4.47. The largest absolute Gasteiger partial charge is 0.378 e. The standard InChI is InChI=1S/C18H21FN6O2/c1-26-17(16(10-19)23-24-20)14-4-2-13(3-5-14)15-11-21-18(22-12-15)25-6-8-27-9-7-25/h2-5,11-12,16-17H,6-10H2,1H3/t16-,17-/m1/s1. The molecule has 3 rings (SSSR count). The van der Waals surface area contributed by atoms with Crippen molar-refractivity contribution in [2.24, 2.45) is 5.11 Å². The van der Waals surface area contributed by atoms with Gasteiger partial charge >= 0.3 is 0 Å². The Labute approximate surface area is 156 Å². The molecule has 0 aliphatic carbocycles. The summed E-state index contributed by atoms with van der Waals surface area (Å²) in [5.41, 5.74) is 11.1. The lowest BCUT2D eigenvalue weighted by atomic mass is 10.00. The summed E-state index contributed by atoms with van der Waals surface area (Å²) in [6.45, 7) is 2.15. The van der Waals surface area contributed by atoms with Crippen LogP contribution in [0.4, 0.5) is 10.3 Å². The highest BCUT2D eigenvalue weighted by atomic mass is 19.1. The van der Waals surface area contributed by atoms with E-state index < -0.39 is 18.8 Å². The maximum Gasteiger partial charge on any atom is 0.225 e. The number of ether oxygens (including phenoxy) is 2. The van der Waals surface area contributed by atoms with Crippen molar-refractivity contribution in [2.75, 3.05) is 45.0 Å². The predicted molar refractivity (Wildman–Crippen MR) is 99.2 cm³/mol. The monoisotopic (exact) mass is 372 g/mol. The van der Waals surface area contributed by atoms with Gasteiger partial charge in [0.05, 0.1) is 25.4 Å². The van der Waals surface area contributed by atoms with Crippen molar-refractivity contribution < 1.29 is 13.9 Å². The molecule has 0 saturated carbocycles. The molecule has 9 heteroatoms. The molecule has 2 heterocycles. The summed E-state index contributed by atoms with van der Waals surface area (Å²) >= 11 is 0. The van der Waals surface area contributed by atoms with Crippen molar-refractivity contribution in [3.63, 3.8) is 0 Å². The number of nitrogens with zero attached hydrogens (tertiary/aromatic N) is 6. The van der Waals surface area contributed by atoms with Crippen LogP contribution in [0.1, 0.15) is 11.7 Å². The fourth-order valence-electron chi connectivity index (χ4n) is 3.02. The Morgan fingerprint density at radius 3 is 2.44 bits per heavy atom. The van der Waals surface area contributed by atoms with Gasteiger partial charge in [-0.2, -0.15) is 0 Å². The molecular weight excluding hydrogens is 351 g/mol. The van der Waals surface area contributed by atoms with Crippen molar-refractivity contribution >= 4 is 5.95 Å². The summed E-state index contributed by atoms with van der Waals surface area (Å²) in [7, 11) is 1.46. The number of hydrogen-bond donors (Lipinski definition) is 0. The van der Waals surface area contributed by atoms with Crippen LogP contribution in [0.2, 0.25) is 0 Å². The number of alkyl halides is 1. The van der Waals surface area contributed by atoms with Gasteiger partial charge in [0.1, 0.15) is 6.67 Å². The third-order valence-corrected chi connectivity index (χ3v) is 4.47. The number of anilines is 1. The van der Waals surface area contributed by atoms with E-state index >= 15 is 0 Å². The van der Waals surface area contributed by atoms with Gasteiger partial charge < -0.3 is 14.4 Å². The zero-order chi connectivity index (χ0) is 19.1. The Morgan fingerprint density at radius 1 is 1.22 bits per heavy atom. The normalized spacial score (nSPS) is 16.4. The number of azide groups is 1. The smallest absolute Gasteiger partial charge is 0.225 e. The van der Waals surface area contributed by atoms with Crippen LogP contribution >= 0.6 is 0 Å². The average molecular weight is 372 g/mol. The number of methoxy groups -OCH3 is 1. The van der Waals surface area contributed by atoms with Crippen LogP contribution in [-0.4, -0.2) is 56.1 Å². The Hall–Kier alpha value is -2.74. The summed E-state index contributed by atoms with van der Waals surface area (Å²) in [6, 6.07) is 6.53. The molecule has 0 amide bonds. The average Bonchev–Trinajstić information content (AvgIpc) is 2.75. The SMILES string of the molecule is CO[C@H](c1ccc(-c2cnc(N3CCOCC3)nc2)cc1)[C@@H](CF)N=[N+]=[N-]. The Balaban J connectivity index is 1.75. The number of aromatic nitrogens is 2. The highest BCUT2D eigenvalue weighted by molar-refractivity contribution is 5.62. The lowest BCUT2D eigenvalue weighted by molar-refractivity contribution is 0.0722. The fourth-order valence-corrected chi connectivity index (χ4v) is 3.02. The summed E-state index contributed by atoms with van der Waals surface area (Å²) in [4.78, 5) is 13.7. The molecule has 1 aliphatic heterocycles. The van der Waals surface area contributed by atoms with Gasteiger partial charge in [0.2, 0.25) is 5.95 Å². The van der Waals surface area contributed by atoms with Gasteiger partial charge in [-0.05, 0) is 16.7 Å². The molecule has 2 aromatic rings.